The highest BCUT2D eigenvalue weighted by Gasteiger charge is 2.22. The number of hydrogen-bond acceptors (Lipinski definition) is 2. The van der Waals surface area contributed by atoms with Crippen LogP contribution in [-0.2, 0) is 6.42 Å². The highest BCUT2D eigenvalue weighted by molar-refractivity contribution is 6.07. The Morgan fingerprint density at radius 3 is 1.16 bits per heavy atom. The number of para-hydroxylation sites is 2. The van der Waals surface area contributed by atoms with Gasteiger partial charge in [0.2, 0.25) is 0 Å². The van der Waals surface area contributed by atoms with Crippen molar-refractivity contribution in [1.29, 1.82) is 0 Å². The van der Waals surface area contributed by atoms with E-state index < -0.39 is 0 Å². The molecule has 3 rings (SSSR count). The maximum Gasteiger partial charge on any atom is 0.0698 e. The molecule has 0 amide bonds. The van der Waals surface area contributed by atoms with E-state index in [0.717, 1.165) is 29.2 Å². The molecule has 0 N–H and O–H groups in total. The van der Waals surface area contributed by atoms with Crippen LogP contribution in [0.25, 0.3) is 0 Å². The zero-order valence-electron chi connectivity index (χ0n) is 25.3. The standard InChI is InChI=1S/C36H48N2/c1-23(2)30-18-14-19-31(24(3)4)35(30)37-27(9)34(22-29-16-12-11-13-17-29)28(10)38-36-32(25(5)6)20-15-21-33(36)26(7)8/h11-21,23-26,34H,22H2,1-10H3. The van der Waals surface area contributed by atoms with Crippen molar-refractivity contribution in [3.05, 3.63) is 94.5 Å². The number of benzene rings is 3. The SMILES string of the molecule is CC(=Nc1c(C(C)C)cccc1C(C)C)C(Cc1ccccc1)C(C)=Nc1c(C(C)C)cccc1C(C)C. The summed E-state index contributed by atoms with van der Waals surface area (Å²) in [5, 5.41) is 0. The van der Waals surface area contributed by atoms with E-state index in [1.165, 1.54) is 27.8 Å². The van der Waals surface area contributed by atoms with Crippen LogP contribution in [0.4, 0.5) is 11.4 Å². The quantitative estimate of drug-likeness (QED) is 0.243. The van der Waals surface area contributed by atoms with Crippen LogP contribution in [0.15, 0.2) is 76.7 Å². The van der Waals surface area contributed by atoms with E-state index in [1.54, 1.807) is 0 Å². The minimum atomic E-state index is 0.109. The molecule has 0 radical (unpaired) electrons. The van der Waals surface area contributed by atoms with Crippen molar-refractivity contribution in [2.45, 2.75) is 99.3 Å². The van der Waals surface area contributed by atoms with Crippen LogP contribution in [0.3, 0.4) is 0 Å². The van der Waals surface area contributed by atoms with E-state index in [2.05, 4.69) is 136 Å². The van der Waals surface area contributed by atoms with Gasteiger partial charge in [0.05, 0.1) is 11.4 Å². The fourth-order valence-corrected chi connectivity index (χ4v) is 5.24. The Hall–Kier alpha value is -3.00. The summed E-state index contributed by atoms with van der Waals surface area (Å²) in [6.07, 6.45) is 0.882. The van der Waals surface area contributed by atoms with Gasteiger partial charge in [0.25, 0.3) is 0 Å². The van der Waals surface area contributed by atoms with Crippen molar-refractivity contribution in [1.82, 2.24) is 0 Å². The van der Waals surface area contributed by atoms with E-state index >= 15 is 0 Å². The van der Waals surface area contributed by atoms with E-state index in [1.807, 2.05) is 0 Å². The summed E-state index contributed by atoms with van der Waals surface area (Å²) in [7, 11) is 0. The van der Waals surface area contributed by atoms with Crippen molar-refractivity contribution >= 4 is 22.8 Å². The molecule has 0 bridgehead atoms. The Kier molecular flexibility index (Phi) is 10.3. The van der Waals surface area contributed by atoms with Crippen LogP contribution in [0.2, 0.25) is 0 Å². The zero-order valence-corrected chi connectivity index (χ0v) is 25.3. The summed E-state index contributed by atoms with van der Waals surface area (Å²) < 4.78 is 0. The van der Waals surface area contributed by atoms with Crippen molar-refractivity contribution in [2.24, 2.45) is 15.9 Å². The molecule has 3 aromatic carbocycles. The zero-order chi connectivity index (χ0) is 28.0. The van der Waals surface area contributed by atoms with Gasteiger partial charge in [0.15, 0.2) is 0 Å². The molecule has 202 valence electrons. The van der Waals surface area contributed by atoms with Gasteiger partial charge in [-0.2, -0.15) is 0 Å². The molecule has 3 aromatic rings. The molecule has 2 heteroatoms. The van der Waals surface area contributed by atoms with Crippen molar-refractivity contribution in [3.63, 3.8) is 0 Å². The number of nitrogens with zero attached hydrogens (tertiary/aromatic N) is 2. The average Bonchev–Trinajstić information content (AvgIpc) is 2.87. The first kappa shape index (κ1) is 29.6. The molecule has 38 heavy (non-hydrogen) atoms. The van der Waals surface area contributed by atoms with E-state index in [4.69, 9.17) is 9.98 Å². The molecule has 0 heterocycles. The third-order valence-corrected chi connectivity index (χ3v) is 7.55. The summed E-state index contributed by atoms with van der Waals surface area (Å²) in [6, 6.07) is 24.1. The molecule has 0 saturated heterocycles. The molecule has 0 aliphatic heterocycles. The second kappa shape index (κ2) is 13.2. The maximum atomic E-state index is 5.41. The van der Waals surface area contributed by atoms with E-state index in [-0.39, 0.29) is 5.92 Å². The van der Waals surface area contributed by atoms with Crippen LogP contribution >= 0.6 is 0 Å². The molecule has 0 aromatic heterocycles. The number of hydrogen-bond donors (Lipinski definition) is 0. The Balaban J connectivity index is 2.21. The van der Waals surface area contributed by atoms with Crippen LogP contribution in [0.1, 0.15) is 121 Å². The topological polar surface area (TPSA) is 24.7 Å². The van der Waals surface area contributed by atoms with Gasteiger partial charge in [-0.25, -0.2) is 0 Å². The van der Waals surface area contributed by atoms with Gasteiger partial charge in [0, 0.05) is 17.3 Å². The molecule has 0 spiro atoms. The van der Waals surface area contributed by atoms with Gasteiger partial charge < -0.3 is 0 Å². The largest absolute Gasteiger partial charge is 0.257 e. The first-order valence-electron chi connectivity index (χ1n) is 14.4. The van der Waals surface area contributed by atoms with Crippen molar-refractivity contribution in [2.75, 3.05) is 0 Å². The fourth-order valence-electron chi connectivity index (χ4n) is 5.24. The van der Waals surface area contributed by atoms with Crippen molar-refractivity contribution in [3.8, 4) is 0 Å². The molecular weight excluding hydrogens is 460 g/mol. The third kappa shape index (κ3) is 7.10. The fraction of sp³-hybridized carbons (Fsp3) is 0.444. The first-order valence-corrected chi connectivity index (χ1v) is 14.4. The molecule has 0 aliphatic carbocycles. The van der Waals surface area contributed by atoms with Crippen LogP contribution in [0, 0.1) is 5.92 Å². The lowest BCUT2D eigenvalue weighted by Gasteiger charge is -2.22. The number of rotatable bonds is 10. The molecule has 0 saturated carbocycles. The molecule has 0 unspecified atom stereocenters. The monoisotopic (exact) mass is 508 g/mol. The number of aliphatic imine (C=N–C) groups is 2. The Labute approximate surface area is 232 Å². The molecule has 0 atom stereocenters. The van der Waals surface area contributed by atoms with Crippen LogP contribution in [-0.4, -0.2) is 11.4 Å². The van der Waals surface area contributed by atoms with Crippen molar-refractivity contribution < 1.29 is 0 Å². The normalized spacial score (nSPS) is 13.7. The van der Waals surface area contributed by atoms with E-state index in [0.29, 0.717) is 23.7 Å². The molecule has 0 aliphatic rings. The van der Waals surface area contributed by atoms with Crippen LogP contribution < -0.4 is 0 Å². The Morgan fingerprint density at radius 2 is 0.842 bits per heavy atom. The Morgan fingerprint density at radius 1 is 0.500 bits per heavy atom. The smallest absolute Gasteiger partial charge is 0.0698 e. The van der Waals surface area contributed by atoms with Crippen LogP contribution in [0.5, 0.6) is 0 Å². The minimum absolute atomic E-state index is 0.109. The Bertz CT molecular complexity index is 1130. The lowest BCUT2D eigenvalue weighted by Crippen LogP contribution is -2.23. The highest BCUT2D eigenvalue weighted by Crippen LogP contribution is 2.37. The lowest BCUT2D eigenvalue weighted by atomic mass is 9.89. The summed E-state index contributed by atoms with van der Waals surface area (Å²) in [4.78, 5) is 10.8. The lowest BCUT2D eigenvalue weighted by molar-refractivity contribution is 0.827. The highest BCUT2D eigenvalue weighted by atomic mass is 14.8. The predicted molar refractivity (Wildman–Crippen MR) is 168 cm³/mol. The summed E-state index contributed by atoms with van der Waals surface area (Å²) in [5.74, 6) is 1.75. The minimum Gasteiger partial charge on any atom is -0.257 e. The summed E-state index contributed by atoms with van der Waals surface area (Å²) in [5.41, 5.74) is 11.1. The van der Waals surface area contributed by atoms with Gasteiger partial charge in [-0.1, -0.05) is 122 Å². The maximum absolute atomic E-state index is 5.41. The second-order valence-electron chi connectivity index (χ2n) is 11.9. The van der Waals surface area contributed by atoms with Gasteiger partial charge >= 0.3 is 0 Å². The van der Waals surface area contributed by atoms with Gasteiger partial charge in [-0.3, -0.25) is 9.98 Å². The van der Waals surface area contributed by atoms with Gasteiger partial charge in [0.1, 0.15) is 0 Å². The first-order chi connectivity index (χ1) is 18.0. The third-order valence-electron chi connectivity index (χ3n) is 7.55. The molecule has 0 fully saturated rings. The second-order valence-corrected chi connectivity index (χ2v) is 11.9. The average molecular weight is 509 g/mol. The summed E-state index contributed by atoms with van der Waals surface area (Å²) >= 11 is 0. The summed E-state index contributed by atoms with van der Waals surface area (Å²) in [6.45, 7) is 22.5. The van der Waals surface area contributed by atoms with Gasteiger partial charge in [-0.15, -0.1) is 0 Å². The molecular formula is C36H48N2. The van der Waals surface area contributed by atoms with Gasteiger partial charge in [-0.05, 0) is 71.8 Å². The molecule has 2 nitrogen and oxygen atoms in total. The van der Waals surface area contributed by atoms with E-state index in [9.17, 15) is 0 Å². The predicted octanol–water partition coefficient (Wildman–Crippen LogP) is 10.9.